The van der Waals surface area contributed by atoms with Crippen molar-refractivity contribution in [1.29, 1.82) is 0 Å². The lowest BCUT2D eigenvalue weighted by Crippen LogP contribution is -2.36. The number of carbonyl (C=O) groups excluding carboxylic acids is 1. The molecule has 1 heterocycles. The van der Waals surface area contributed by atoms with Crippen molar-refractivity contribution >= 4 is 11.9 Å². The Balaban J connectivity index is 1.50. The second kappa shape index (κ2) is 9.34. The van der Waals surface area contributed by atoms with E-state index in [9.17, 15) is 19.5 Å². The molecule has 0 aliphatic heterocycles. The Labute approximate surface area is 186 Å². The van der Waals surface area contributed by atoms with E-state index >= 15 is 0 Å². The molecule has 1 saturated carbocycles. The molecule has 166 valence electrons. The standard InChI is InChI=1S/C25H27N3O4/c1-2-17-6-5-7-20(14-17)23(29)28-25(32)27(16-26-28)15-18-10-12-19(13-11-18)21-8-3-4-9-22(21)24(30)31/h3-4,8-13,16-17,20H,2,5-7,14-15H2,1H3,(H,30,31). The molecular weight excluding hydrogens is 406 g/mol. The second-order valence-electron chi connectivity index (χ2n) is 8.48. The van der Waals surface area contributed by atoms with Crippen LogP contribution in [0.2, 0.25) is 0 Å². The van der Waals surface area contributed by atoms with Crippen molar-refractivity contribution in [2.24, 2.45) is 11.8 Å². The number of aromatic carboxylic acids is 1. The van der Waals surface area contributed by atoms with E-state index in [-0.39, 0.29) is 23.9 Å². The molecular formula is C25H27N3O4. The number of carboxylic acids is 1. The fourth-order valence-corrected chi connectivity index (χ4v) is 4.56. The molecule has 1 aliphatic rings. The number of aromatic nitrogens is 3. The molecule has 0 saturated heterocycles. The van der Waals surface area contributed by atoms with Crippen molar-refractivity contribution in [3.05, 3.63) is 76.5 Å². The summed E-state index contributed by atoms with van der Waals surface area (Å²) >= 11 is 0. The van der Waals surface area contributed by atoms with Crippen molar-refractivity contribution in [2.45, 2.75) is 45.6 Å². The molecule has 2 aromatic carbocycles. The van der Waals surface area contributed by atoms with E-state index in [0.29, 0.717) is 11.5 Å². The van der Waals surface area contributed by atoms with Gasteiger partial charge in [0.1, 0.15) is 6.33 Å². The quantitative estimate of drug-likeness (QED) is 0.625. The number of nitrogens with zero attached hydrogens (tertiary/aromatic N) is 3. The first kappa shape index (κ1) is 21.7. The minimum Gasteiger partial charge on any atom is -0.478 e. The Hall–Kier alpha value is -3.48. The number of rotatable bonds is 6. The molecule has 0 bridgehead atoms. The van der Waals surface area contributed by atoms with Crippen LogP contribution in [0.4, 0.5) is 0 Å². The van der Waals surface area contributed by atoms with Crippen LogP contribution < -0.4 is 5.69 Å². The molecule has 32 heavy (non-hydrogen) atoms. The summed E-state index contributed by atoms with van der Waals surface area (Å²) in [5.41, 5.74) is 2.10. The first-order valence-electron chi connectivity index (χ1n) is 11.1. The molecule has 1 N–H and O–H groups in total. The second-order valence-corrected chi connectivity index (χ2v) is 8.48. The summed E-state index contributed by atoms with van der Waals surface area (Å²) in [6.45, 7) is 2.43. The number of carboxylic acid groups (broad SMARTS) is 1. The highest BCUT2D eigenvalue weighted by atomic mass is 16.4. The molecule has 7 heteroatoms. The predicted octanol–water partition coefficient (Wildman–Crippen LogP) is 4.31. The van der Waals surface area contributed by atoms with Crippen LogP contribution in [0, 0.1) is 11.8 Å². The van der Waals surface area contributed by atoms with Crippen molar-refractivity contribution in [1.82, 2.24) is 14.3 Å². The van der Waals surface area contributed by atoms with E-state index < -0.39 is 11.7 Å². The van der Waals surface area contributed by atoms with Crippen LogP contribution in [0.15, 0.2) is 59.7 Å². The van der Waals surface area contributed by atoms with E-state index in [0.717, 1.165) is 47.9 Å². The molecule has 0 spiro atoms. The van der Waals surface area contributed by atoms with Crippen LogP contribution in [0.25, 0.3) is 11.1 Å². The van der Waals surface area contributed by atoms with Crippen LogP contribution in [0.5, 0.6) is 0 Å². The van der Waals surface area contributed by atoms with E-state index in [1.807, 2.05) is 24.3 Å². The highest BCUT2D eigenvalue weighted by Gasteiger charge is 2.29. The summed E-state index contributed by atoms with van der Waals surface area (Å²) in [5, 5.41) is 13.5. The lowest BCUT2D eigenvalue weighted by Gasteiger charge is -2.26. The van der Waals surface area contributed by atoms with Crippen LogP contribution in [0.3, 0.4) is 0 Å². The Morgan fingerprint density at radius 3 is 2.56 bits per heavy atom. The zero-order chi connectivity index (χ0) is 22.7. The molecule has 2 atom stereocenters. The van der Waals surface area contributed by atoms with Crippen LogP contribution in [-0.4, -0.2) is 31.3 Å². The third-order valence-electron chi connectivity index (χ3n) is 6.43. The molecule has 0 amide bonds. The third-order valence-corrected chi connectivity index (χ3v) is 6.43. The van der Waals surface area contributed by atoms with Gasteiger partial charge in [-0.15, -0.1) is 4.68 Å². The number of carbonyl (C=O) groups is 2. The first-order chi connectivity index (χ1) is 15.5. The SMILES string of the molecule is CCC1CCCC(C(=O)n2ncn(Cc3ccc(-c4ccccc4C(=O)O)cc3)c2=O)C1. The van der Waals surface area contributed by atoms with E-state index in [2.05, 4.69) is 12.0 Å². The number of hydrogen-bond donors (Lipinski definition) is 1. The number of benzene rings is 2. The summed E-state index contributed by atoms with van der Waals surface area (Å²) in [4.78, 5) is 37.1. The van der Waals surface area contributed by atoms with Crippen LogP contribution >= 0.6 is 0 Å². The van der Waals surface area contributed by atoms with Gasteiger partial charge in [-0.1, -0.05) is 68.7 Å². The molecule has 1 fully saturated rings. The van der Waals surface area contributed by atoms with Gasteiger partial charge >= 0.3 is 11.7 Å². The van der Waals surface area contributed by atoms with Crippen molar-refractivity contribution < 1.29 is 14.7 Å². The van der Waals surface area contributed by atoms with Gasteiger partial charge in [0.2, 0.25) is 0 Å². The van der Waals surface area contributed by atoms with Gasteiger partial charge in [0.25, 0.3) is 5.91 Å². The lowest BCUT2D eigenvalue weighted by atomic mass is 9.80. The Bertz CT molecular complexity index is 1180. The number of hydrogen-bond acceptors (Lipinski definition) is 4. The summed E-state index contributed by atoms with van der Waals surface area (Å²) in [7, 11) is 0. The van der Waals surface area contributed by atoms with Gasteiger partial charge in [0, 0.05) is 5.92 Å². The minimum absolute atomic E-state index is 0.136. The highest BCUT2D eigenvalue weighted by Crippen LogP contribution is 2.31. The molecule has 7 nitrogen and oxygen atoms in total. The van der Waals surface area contributed by atoms with Crippen LogP contribution in [0.1, 0.15) is 59.7 Å². The molecule has 1 aliphatic carbocycles. The average molecular weight is 434 g/mol. The monoisotopic (exact) mass is 433 g/mol. The van der Waals surface area contributed by atoms with Gasteiger partial charge in [-0.05, 0) is 41.5 Å². The third kappa shape index (κ3) is 4.42. The molecule has 2 unspecified atom stereocenters. The van der Waals surface area contributed by atoms with E-state index in [1.54, 1.807) is 24.3 Å². The summed E-state index contributed by atoms with van der Waals surface area (Å²) in [5.74, 6) is -0.771. The summed E-state index contributed by atoms with van der Waals surface area (Å²) in [6.07, 6.45) is 6.27. The van der Waals surface area contributed by atoms with Gasteiger partial charge in [-0.2, -0.15) is 5.10 Å². The van der Waals surface area contributed by atoms with Crippen molar-refractivity contribution in [3.63, 3.8) is 0 Å². The maximum atomic E-state index is 12.9. The summed E-state index contributed by atoms with van der Waals surface area (Å²) < 4.78 is 2.44. The van der Waals surface area contributed by atoms with Gasteiger partial charge in [0.05, 0.1) is 12.1 Å². The van der Waals surface area contributed by atoms with Crippen LogP contribution in [-0.2, 0) is 6.54 Å². The molecule has 3 aromatic rings. The average Bonchev–Trinajstić information content (AvgIpc) is 3.19. The largest absolute Gasteiger partial charge is 0.478 e. The Morgan fingerprint density at radius 2 is 1.84 bits per heavy atom. The maximum absolute atomic E-state index is 12.9. The predicted molar refractivity (Wildman–Crippen MR) is 121 cm³/mol. The maximum Gasteiger partial charge on any atom is 0.353 e. The first-order valence-corrected chi connectivity index (χ1v) is 11.1. The van der Waals surface area contributed by atoms with Gasteiger partial charge in [-0.25, -0.2) is 9.59 Å². The zero-order valence-electron chi connectivity index (χ0n) is 18.1. The van der Waals surface area contributed by atoms with Crippen molar-refractivity contribution in [3.8, 4) is 11.1 Å². The fraction of sp³-hybridized carbons (Fsp3) is 0.360. The normalized spacial score (nSPS) is 18.4. The van der Waals surface area contributed by atoms with E-state index in [1.165, 1.54) is 10.9 Å². The van der Waals surface area contributed by atoms with E-state index in [4.69, 9.17) is 0 Å². The fourth-order valence-electron chi connectivity index (χ4n) is 4.56. The Morgan fingerprint density at radius 1 is 1.09 bits per heavy atom. The van der Waals surface area contributed by atoms with Gasteiger partial charge < -0.3 is 5.11 Å². The van der Waals surface area contributed by atoms with Gasteiger partial charge in [-0.3, -0.25) is 9.36 Å². The smallest absolute Gasteiger partial charge is 0.353 e. The molecule has 1 aromatic heterocycles. The highest BCUT2D eigenvalue weighted by molar-refractivity contribution is 5.96. The molecule has 4 rings (SSSR count). The lowest BCUT2D eigenvalue weighted by molar-refractivity contribution is 0.0696. The summed E-state index contributed by atoms with van der Waals surface area (Å²) in [6, 6.07) is 14.2. The van der Waals surface area contributed by atoms with Crippen molar-refractivity contribution in [2.75, 3.05) is 0 Å². The van der Waals surface area contributed by atoms with Gasteiger partial charge in [0.15, 0.2) is 0 Å². The zero-order valence-corrected chi connectivity index (χ0v) is 18.1. The minimum atomic E-state index is -0.975. The Kier molecular flexibility index (Phi) is 6.35. The molecule has 0 radical (unpaired) electrons. The topological polar surface area (TPSA) is 94.2 Å².